The molecule has 0 aliphatic heterocycles. The van der Waals surface area contributed by atoms with Crippen LogP contribution in [0.15, 0.2) is 18.2 Å². The molecule has 2 aromatic rings. The molecule has 234 valence electrons. The molecule has 0 radical (unpaired) electrons. The van der Waals surface area contributed by atoms with Crippen LogP contribution in [0.5, 0.6) is 11.5 Å². The van der Waals surface area contributed by atoms with Gasteiger partial charge in [0, 0.05) is 5.56 Å². The van der Waals surface area contributed by atoms with Crippen molar-refractivity contribution < 1.29 is 9.47 Å². The lowest BCUT2D eigenvalue weighted by atomic mass is 10.1. The van der Waals surface area contributed by atoms with Crippen molar-refractivity contribution in [3.63, 3.8) is 0 Å². The van der Waals surface area contributed by atoms with Gasteiger partial charge in [-0.1, -0.05) is 129 Å². The summed E-state index contributed by atoms with van der Waals surface area (Å²) in [5, 5.41) is 9.65. The average molecular weight is 580 g/mol. The number of hydrogen-bond donors (Lipinski definition) is 2. The number of nitriles is 1. The Labute approximate surface area is 255 Å². The maximum absolute atomic E-state index is 9.65. The van der Waals surface area contributed by atoms with Crippen molar-refractivity contribution in [2.45, 2.75) is 142 Å². The summed E-state index contributed by atoms with van der Waals surface area (Å²) in [4.78, 5) is 8.25. The second-order valence-electron chi connectivity index (χ2n) is 11.5. The maximum Gasteiger partial charge on any atom is 0.222 e. The molecular formula is C35H57N5O2. The normalized spacial score (nSPS) is 11.0. The number of ether oxygens (including phenoxy) is 2. The Morgan fingerprint density at radius 1 is 0.619 bits per heavy atom. The fraction of sp³-hybridized carbons (Fsp3) is 0.686. The molecule has 4 N–H and O–H groups in total. The summed E-state index contributed by atoms with van der Waals surface area (Å²) in [5.41, 5.74) is 13.1. The zero-order chi connectivity index (χ0) is 30.3. The highest BCUT2D eigenvalue weighted by Crippen LogP contribution is 2.35. The van der Waals surface area contributed by atoms with E-state index in [-0.39, 0.29) is 17.3 Å². The smallest absolute Gasteiger partial charge is 0.222 e. The lowest BCUT2D eigenvalue weighted by Crippen LogP contribution is -2.06. The van der Waals surface area contributed by atoms with Gasteiger partial charge in [0.15, 0.2) is 11.5 Å². The lowest BCUT2D eigenvalue weighted by molar-refractivity contribution is 0.258. The molecule has 2 rings (SSSR count). The van der Waals surface area contributed by atoms with Crippen LogP contribution in [-0.2, 0) is 0 Å². The first-order chi connectivity index (χ1) is 20.6. The Morgan fingerprint density at radius 2 is 1.07 bits per heavy atom. The van der Waals surface area contributed by atoms with E-state index in [9.17, 15) is 5.26 Å². The Bertz CT molecular complexity index is 1040. The molecule has 0 bridgehead atoms. The minimum Gasteiger partial charge on any atom is -0.490 e. The van der Waals surface area contributed by atoms with Crippen molar-refractivity contribution in [1.82, 2.24) is 9.97 Å². The molecule has 7 heteroatoms. The quantitative estimate of drug-likeness (QED) is 0.112. The number of nitrogens with two attached hydrogens (primary N) is 2. The first kappa shape index (κ1) is 35.2. The second-order valence-corrected chi connectivity index (χ2v) is 11.5. The summed E-state index contributed by atoms with van der Waals surface area (Å²) in [7, 11) is 0. The van der Waals surface area contributed by atoms with Gasteiger partial charge in [-0.25, -0.2) is 4.98 Å². The largest absolute Gasteiger partial charge is 0.490 e. The molecule has 7 nitrogen and oxygen atoms in total. The first-order valence-corrected chi connectivity index (χ1v) is 16.8. The van der Waals surface area contributed by atoms with Crippen LogP contribution in [0, 0.1) is 11.3 Å². The predicted molar refractivity (Wildman–Crippen MR) is 176 cm³/mol. The number of rotatable bonds is 25. The number of anilines is 2. The molecule has 0 saturated heterocycles. The van der Waals surface area contributed by atoms with Crippen LogP contribution in [0.25, 0.3) is 11.3 Å². The van der Waals surface area contributed by atoms with Crippen LogP contribution >= 0.6 is 0 Å². The number of nitrogens with zero attached hydrogens (tertiary/aromatic N) is 3. The van der Waals surface area contributed by atoms with Gasteiger partial charge in [0.2, 0.25) is 5.95 Å². The highest BCUT2D eigenvalue weighted by molar-refractivity contribution is 5.74. The summed E-state index contributed by atoms with van der Waals surface area (Å²) >= 11 is 0. The first-order valence-electron chi connectivity index (χ1n) is 16.8. The van der Waals surface area contributed by atoms with Crippen LogP contribution in [0.3, 0.4) is 0 Å². The molecule has 0 fully saturated rings. The van der Waals surface area contributed by atoms with E-state index in [0.717, 1.165) is 25.0 Å². The summed E-state index contributed by atoms with van der Waals surface area (Å²) in [6.07, 6.45) is 25.6. The van der Waals surface area contributed by atoms with Crippen molar-refractivity contribution in [2.75, 3.05) is 24.7 Å². The van der Waals surface area contributed by atoms with Gasteiger partial charge in [0.05, 0.1) is 18.9 Å². The molecule has 1 aromatic carbocycles. The summed E-state index contributed by atoms with van der Waals surface area (Å²) < 4.78 is 12.4. The van der Waals surface area contributed by atoms with Gasteiger partial charge in [-0.05, 0) is 31.0 Å². The van der Waals surface area contributed by atoms with Crippen LogP contribution in [-0.4, -0.2) is 23.2 Å². The molecule has 0 saturated carbocycles. The van der Waals surface area contributed by atoms with Gasteiger partial charge in [-0.3, -0.25) is 0 Å². The Hall–Kier alpha value is -3.01. The molecule has 0 unspecified atom stereocenters. The molecule has 1 heterocycles. The van der Waals surface area contributed by atoms with Gasteiger partial charge in [0.1, 0.15) is 17.5 Å². The monoisotopic (exact) mass is 579 g/mol. The fourth-order valence-corrected chi connectivity index (χ4v) is 5.25. The zero-order valence-corrected chi connectivity index (χ0v) is 26.6. The molecule has 42 heavy (non-hydrogen) atoms. The van der Waals surface area contributed by atoms with Crippen LogP contribution in [0.2, 0.25) is 0 Å². The second kappa shape index (κ2) is 22.6. The Morgan fingerprint density at radius 3 is 1.55 bits per heavy atom. The molecule has 0 aliphatic rings. The predicted octanol–water partition coefficient (Wildman–Crippen LogP) is 9.78. The Kier molecular flexibility index (Phi) is 18.9. The fourth-order valence-electron chi connectivity index (χ4n) is 5.25. The lowest BCUT2D eigenvalue weighted by Gasteiger charge is -2.15. The van der Waals surface area contributed by atoms with Gasteiger partial charge < -0.3 is 20.9 Å². The van der Waals surface area contributed by atoms with Crippen molar-refractivity contribution in [2.24, 2.45) is 0 Å². The van der Waals surface area contributed by atoms with Gasteiger partial charge in [-0.2, -0.15) is 10.2 Å². The maximum atomic E-state index is 9.65. The topological polar surface area (TPSA) is 120 Å². The number of unbranched alkanes of at least 4 members (excludes halogenated alkanes) is 18. The third kappa shape index (κ3) is 14.2. The van der Waals surface area contributed by atoms with Crippen LogP contribution < -0.4 is 20.9 Å². The van der Waals surface area contributed by atoms with Gasteiger partial charge >= 0.3 is 0 Å². The van der Waals surface area contributed by atoms with Crippen LogP contribution in [0.4, 0.5) is 11.8 Å². The SMILES string of the molecule is CCCCCCCCCCCCOc1ccc(-c2nc(N)nc(N)c2C#N)cc1OCCCCCCCCCCCC. The van der Waals surface area contributed by atoms with Crippen molar-refractivity contribution in [3.8, 4) is 28.8 Å². The highest BCUT2D eigenvalue weighted by Gasteiger charge is 2.16. The van der Waals surface area contributed by atoms with Crippen LogP contribution in [0.1, 0.15) is 148 Å². The Balaban J connectivity index is 1.88. The third-order valence-electron chi connectivity index (χ3n) is 7.79. The molecule has 0 aliphatic carbocycles. The van der Waals surface area contributed by atoms with E-state index < -0.39 is 0 Å². The number of hydrogen-bond acceptors (Lipinski definition) is 7. The third-order valence-corrected chi connectivity index (χ3v) is 7.79. The van der Waals surface area contributed by atoms with E-state index >= 15 is 0 Å². The van der Waals surface area contributed by atoms with E-state index in [4.69, 9.17) is 20.9 Å². The minimum atomic E-state index is 0.0376. The summed E-state index contributed by atoms with van der Waals surface area (Å²) in [6.45, 7) is 5.80. The zero-order valence-electron chi connectivity index (χ0n) is 26.6. The average Bonchev–Trinajstić information content (AvgIpc) is 2.98. The van der Waals surface area contributed by atoms with Gasteiger partial charge in [-0.15, -0.1) is 0 Å². The van der Waals surface area contributed by atoms with Crippen molar-refractivity contribution >= 4 is 11.8 Å². The van der Waals surface area contributed by atoms with E-state index in [1.165, 1.54) is 109 Å². The van der Waals surface area contributed by atoms with E-state index in [1.54, 1.807) is 0 Å². The number of aromatic nitrogens is 2. The molecule has 0 atom stereocenters. The molecule has 0 spiro atoms. The number of benzene rings is 1. The molecule has 0 amide bonds. The van der Waals surface area contributed by atoms with E-state index in [2.05, 4.69) is 29.9 Å². The van der Waals surface area contributed by atoms with Gasteiger partial charge in [0.25, 0.3) is 0 Å². The van der Waals surface area contributed by atoms with Crippen molar-refractivity contribution in [3.05, 3.63) is 23.8 Å². The van der Waals surface area contributed by atoms with E-state index in [0.29, 0.717) is 30.2 Å². The molecule has 1 aromatic heterocycles. The standard InChI is InChI=1S/C35H57N5O2/c1-3-5-7-9-11-13-15-17-19-21-25-41-31-24-23-29(33-30(28-36)34(37)40-35(38)39-33)27-32(31)42-26-22-20-18-16-14-12-10-8-6-4-2/h23-24,27H,3-22,25-26H2,1-2H3,(H4,37,38,39,40). The van der Waals surface area contributed by atoms with E-state index in [1.807, 2.05) is 18.2 Å². The molecular weight excluding hydrogens is 522 g/mol. The minimum absolute atomic E-state index is 0.0376. The van der Waals surface area contributed by atoms with Crippen molar-refractivity contribution in [1.29, 1.82) is 5.26 Å². The number of nitrogen functional groups attached to an aromatic ring is 2. The summed E-state index contributed by atoms with van der Waals surface area (Å²) in [6, 6.07) is 7.77. The summed E-state index contributed by atoms with van der Waals surface area (Å²) in [5.74, 6) is 1.50. The highest BCUT2D eigenvalue weighted by atomic mass is 16.5.